The molecule has 358 valence electrons. The van der Waals surface area contributed by atoms with E-state index in [0.717, 1.165) is 51.0 Å². The van der Waals surface area contributed by atoms with Crippen LogP contribution in [0, 0.1) is 17.3 Å². The van der Waals surface area contributed by atoms with Gasteiger partial charge in [0.15, 0.2) is 0 Å². The highest BCUT2D eigenvalue weighted by atomic mass is 16.5. The third-order valence-electron chi connectivity index (χ3n) is 13.3. The van der Waals surface area contributed by atoms with Crippen LogP contribution in [0.15, 0.2) is 66.9 Å². The zero-order valence-corrected chi connectivity index (χ0v) is 40.6. The van der Waals surface area contributed by atoms with E-state index in [2.05, 4.69) is 61.2 Å². The zero-order valence-electron chi connectivity index (χ0n) is 40.6. The number of hydrogen-bond donors (Lipinski definition) is 3. The lowest BCUT2D eigenvalue weighted by Gasteiger charge is -2.41. The first kappa shape index (κ1) is 48.9. The highest BCUT2D eigenvalue weighted by Crippen LogP contribution is 2.41. The Balaban J connectivity index is 1.24. The Morgan fingerprint density at radius 2 is 1.81 bits per heavy atom. The number of likely N-dealkylation sites (tertiary alicyclic amines) is 1. The molecule has 6 bridgehead atoms. The summed E-state index contributed by atoms with van der Waals surface area (Å²) >= 11 is 0. The first-order valence-corrected chi connectivity index (χ1v) is 23.7. The molecule has 2 saturated heterocycles. The molecule has 0 radical (unpaired) electrons. The lowest BCUT2D eigenvalue weighted by atomic mass is 9.84. The number of esters is 1. The molecule has 2 aromatic carbocycles. The van der Waals surface area contributed by atoms with Gasteiger partial charge in [0, 0.05) is 86.0 Å². The van der Waals surface area contributed by atoms with E-state index in [1.165, 1.54) is 16.0 Å². The van der Waals surface area contributed by atoms with Crippen LogP contribution in [-0.2, 0) is 54.5 Å². The largest absolute Gasteiger partial charge is 0.508 e. The smallest absolute Gasteiger partial charge is 0.324 e. The van der Waals surface area contributed by atoms with Crippen LogP contribution in [0.4, 0.5) is 0 Å². The summed E-state index contributed by atoms with van der Waals surface area (Å²) in [4.78, 5) is 79.5. The van der Waals surface area contributed by atoms with E-state index in [1.54, 1.807) is 30.2 Å². The number of fused-ring (bicyclic) bond motifs is 6. The quantitative estimate of drug-likeness (QED) is 0.132. The minimum atomic E-state index is -1.15. The first-order chi connectivity index (χ1) is 31.9. The number of nitrogens with zero attached hydrogens (tertiary/aromatic N) is 6. The normalized spacial score (nSPS) is 19.6. The fourth-order valence-corrected chi connectivity index (χ4v) is 9.84. The molecule has 4 amide bonds. The van der Waals surface area contributed by atoms with E-state index >= 15 is 0 Å². The maximum atomic E-state index is 14.7. The van der Waals surface area contributed by atoms with Crippen molar-refractivity contribution in [3.05, 3.63) is 83.7 Å². The number of carbonyl (C=O) groups is 5. The molecule has 3 atom stereocenters. The number of rotatable bonds is 11. The van der Waals surface area contributed by atoms with Gasteiger partial charge in [-0.1, -0.05) is 52.8 Å². The number of aryl methyl sites for hydroxylation is 2. The van der Waals surface area contributed by atoms with Crippen LogP contribution in [0.3, 0.4) is 0 Å². The minimum absolute atomic E-state index is 0.00107. The Hall–Kier alpha value is -6.06. The van der Waals surface area contributed by atoms with E-state index in [0.29, 0.717) is 37.9 Å². The summed E-state index contributed by atoms with van der Waals surface area (Å²) in [6.45, 7) is 14.3. The number of ether oxygens (including phenoxy) is 1. The molecule has 0 aliphatic carbocycles. The fraction of sp³-hybridized carbons (Fsp3) is 0.500. The van der Waals surface area contributed by atoms with Gasteiger partial charge in [-0.25, -0.2) is 5.43 Å². The van der Waals surface area contributed by atoms with Crippen molar-refractivity contribution in [2.45, 2.75) is 98.3 Å². The Bertz CT molecular complexity index is 2540. The average molecular weight is 917 g/mol. The number of amides is 4. The molecule has 0 saturated carbocycles. The highest BCUT2D eigenvalue weighted by molar-refractivity contribution is 5.96. The maximum Gasteiger partial charge on any atom is 0.324 e. The number of hydrogen-bond acceptors (Lipinski definition) is 10. The van der Waals surface area contributed by atoms with Gasteiger partial charge in [0.1, 0.15) is 23.9 Å². The third-order valence-corrected chi connectivity index (χ3v) is 13.3. The standard InChI is InChI=1S/C52H68N8O7/c1-10-41-38(15-12-20-53-41)47-40-28-52(5,6)31-67-51(66)42-16-13-22-60(55-42)50(65)43(25-33-23-35(26-37(61)24-33)34-18-19-44(39(40)27-34)59(47)11-2)54-48(63)46(32(3)4)57(9)49(64)36-29-58(30-36)45(62)17-14-21-56(7)8/h12,14-15,17-20,23-24,26-27,32,36,42-43,46,55,61H,10-11,13,16,21-22,25,28-31H2,1-9H3,(H,54,63)/b17-14+/t42-,43-,46-/m0/s1. The number of aromatic hydroxyl groups is 1. The molecule has 3 aliphatic rings. The lowest BCUT2D eigenvalue weighted by molar-refractivity contribution is -0.155. The molecule has 2 aromatic heterocycles. The molecule has 67 heavy (non-hydrogen) atoms. The number of phenols is 1. The van der Waals surface area contributed by atoms with Crippen LogP contribution in [0.2, 0.25) is 0 Å². The molecule has 3 aliphatic heterocycles. The predicted octanol–water partition coefficient (Wildman–Crippen LogP) is 5.37. The topological polar surface area (TPSA) is 170 Å². The second kappa shape index (κ2) is 20.4. The molecular formula is C52H68N8O7. The van der Waals surface area contributed by atoms with Gasteiger partial charge in [0.2, 0.25) is 17.7 Å². The van der Waals surface area contributed by atoms with Gasteiger partial charge in [-0.2, -0.15) is 0 Å². The number of phenolic OH excluding ortho intramolecular Hbond substituents is 1. The van der Waals surface area contributed by atoms with Gasteiger partial charge >= 0.3 is 5.97 Å². The van der Waals surface area contributed by atoms with E-state index in [-0.39, 0.29) is 56.1 Å². The van der Waals surface area contributed by atoms with Crippen molar-refractivity contribution in [3.8, 4) is 28.1 Å². The summed E-state index contributed by atoms with van der Waals surface area (Å²) in [5, 5.41) is 16.7. The minimum Gasteiger partial charge on any atom is -0.508 e. The zero-order chi connectivity index (χ0) is 48.3. The van der Waals surface area contributed by atoms with Crippen molar-refractivity contribution in [2.24, 2.45) is 17.3 Å². The van der Waals surface area contributed by atoms with Crippen LogP contribution in [0.1, 0.15) is 71.2 Å². The van der Waals surface area contributed by atoms with E-state index in [9.17, 15) is 29.1 Å². The second-order valence-electron chi connectivity index (χ2n) is 19.8. The second-order valence-corrected chi connectivity index (χ2v) is 19.8. The van der Waals surface area contributed by atoms with Crippen molar-refractivity contribution in [1.29, 1.82) is 0 Å². The van der Waals surface area contributed by atoms with Crippen LogP contribution in [-0.4, -0.2) is 136 Å². The number of nitrogens with one attached hydrogen (secondary N) is 2. The Kier molecular flexibility index (Phi) is 14.9. The van der Waals surface area contributed by atoms with E-state index in [1.807, 2.05) is 57.2 Å². The number of benzene rings is 2. The van der Waals surface area contributed by atoms with Crippen LogP contribution < -0.4 is 10.7 Å². The number of likely N-dealkylation sites (N-methyl/N-ethyl adjacent to an activating group) is 2. The first-order valence-electron chi connectivity index (χ1n) is 23.7. The number of carbonyl (C=O) groups excluding carboxylic acids is 5. The van der Waals surface area contributed by atoms with Gasteiger partial charge in [-0.05, 0) is 111 Å². The molecule has 2 fully saturated rings. The molecule has 7 rings (SSSR count). The van der Waals surface area contributed by atoms with Gasteiger partial charge in [0.05, 0.1) is 18.2 Å². The number of hydrazine groups is 1. The van der Waals surface area contributed by atoms with Gasteiger partial charge in [0.25, 0.3) is 5.91 Å². The van der Waals surface area contributed by atoms with Crippen molar-refractivity contribution in [1.82, 2.24) is 40.0 Å². The Morgan fingerprint density at radius 1 is 1.04 bits per heavy atom. The SMILES string of the molecule is CCc1ncccc1-c1c2c3cc(ccc3n1CC)-c1cc(O)cc(c1)C[C@H](NC(=O)[C@H](C(C)C)N(C)C(=O)C1CN(C(=O)/C=C/CN(C)C)C1)C(=O)N1CCC[C@H](N1)C(=O)OCC(C)(C)C2. The molecule has 4 aromatic rings. The predicted molar refractivity (Wildman–Crippen MR) is 258 cm³/mol. The van der Waals surface area contributed by atoms with E-state index in [4.69, 9.17) is 9.72 Å². The van der Waals surface area contributed by atoms with Crippen LogP contribution in [0.25, 0.3) is 33.3 Å². The van der Waals surface area contributed by atoms with Gasteiger partial charge in [-0.3, -0.25) is 34.0 Å². The molecular weight excluding hydrogens is 849 g/mol. The van der Waals surface area contributed by atoms with Gasteiger partial charge in [-0.15, -0.1) is 0 Å². The number of cyclic esters (lactones) is 1. The average Bonchev–Trinajstić information content (AvgIpc) is 3.57. The van der Waals surface area contributed by atoms with Crippen molar-refractivity contribution < 1.29 is 33.8 Å². The molecule has 5 heterocycles. The third kappa shape index (κ3) is 10.7. The summed E-state index contributed by atoms with van der Waals surface area (Å²) in [5.41, 5.74) is 10.1. The monoisotopic (exact) mass is 917 g/mol. The Morgan fingerprint density at radius 3 is 2.51 bits per heavy atom. The van der Waals surface area contributed by atoms with E-state index < -0.39 is 47.2 Å². The molecule has 15 heteroatoms. The summed E-state index contributed by atoms with van der Waals surface area (Å²) in [6.07, 6.45) is 7.43. The summed E-state index contributed by atoms with van der Waals surface area (Å²) < 4.78 is 8.43. The van der Waals surface area contributed by atoms with Crippen LogP contribution in [0.5, 0.6) is 5.75 Å². The molecule has 0 spiro atoms. The van der Waals surface area contributed by atoms with Crippen molar-refractivity contribution in [2.75, 3.05) is 53.9 Å². The molecule has 15 nitrogen and oxygen atoms in total. The Labute approximate surface area is 394 Å². The number of aromatic nitrogens is 2. The van der Waals surface area contributed by atoms with Crippen LogP contribution >= 0.6 is 0 Å². The fourth-order valence-electron chi connectivity index (χ4n) is 9.84. The van der Waals surface area contributed by atoms with Crippen molar-refractivity contribution >= 4 is 40.5 Å². The summed E-state index contributed by atoms with van der Waals surface area (Å²) in [7, 11) is 5.41. The molecule has 0 unspecified atom stereocenters. The highest BCUT2D eigenvalue weighted by Gasteiger charge is 2.42. The maximum absolute atomic E-state index is 14.7. The number of pyridine rings is 1. The van der Waals surface area contributed by atoms with Crippen molar-refractivity contribution in [3.63, 3.8) is 0 Å². The summed E-state index contributed by atoms with van der Waals surface area (Å²) in [5.74, 6) is -2.70. The van der Waals surface area contributed by atoms with Gasteiger partial charge < -0.3 is 34.4 Å². The molecule has 3 N–H and O–H groups in total. The summed E-state index contributed by atoms with van der Waals surface area (Å²) in [6, 6.07) is 12.7. The lowest BCUT2D eigenvalue weighted by Crippen LogP contribution is -2.63.